The normalized spacial score (nSPS) is 10.7. The van der Waals surface area contributed by atoms with Crippen LogP contribution in [0.5, 0.6) is 0 Å². The van der Waals surface area contributed by atoms with E-state index >= 15 is 0 Å². The van der Waals surface area contributed by atoms with E-state index in [-0.39, 0.29) is 5.56 Å². The highest BCUT2D eigenvalue weighted by Crippen LogP contribution is 2.21. The fourth-order valence-corrected chi connectivity index (χ4v) is 2.03. The summed E-state index contributed by atoms with van der Waals surface area (Å²) in [5.74, 6) is -2.53. The Kier molecular flexibility index (Phi) is 2.95. The number of aromatic nitrogens is 2. The summed E-state index contributed by atoms with van der Waals surface area (Å²) in [6, 6.07) is 8.07. The standard InChI is InChI=1S/C15H8F2N2O/c16-10-4-2-5-11(17)13(10)15(20)9-3-1-6-12-14(9)19-8-7-18-12/h1-8H. The molecule has 0 bridgehead atoms. The number of carbonyl (C=O) groups is 1. The second-order valence-corrected chi connectivity index (χ2v) is 4.16. The molecule has 1 heterocycles. The van der Waals surface area contributed by atoms with Gasteiger partial charge in [-0.2, -0.15) is 0 Å². The maximum absolute atomic E-state index is 13.7. The average molecular weight is 270 g/mol. The maximum atomic E-state index is 13.7. The molecule has 0 radical (unpaired) electrons. The van der Waals surface area contributed by atoms with E-state index in [0.717, 1.165) is 12.1 Å². The molecule has 20 heavy (non-hydrogen) atoms. The Balaban J connectivity index is 2.24. The average Bonchev–Trinajstić information content (AvgIpc) is 2.46. The van der Waals surface area contributed by atoms with Gasteiger partial charge in [0.25, 0.3) is 0 Å². The molecule has 0 saturated heterocycles. The van der Waals surface area contributed by atoms with Gasteiger partial charge in [0, 0.05) is 12.4 Å². The van der Waals surface area contributed by atoms with Crippen LogP contribution in [0.1, 0.15) is 15.9 Å². The highest BCUT2D eigenvalue weighted by Gasteiger charge is 2.21. The minimum atomic E-state index is -0.893. The van der Waals surface area contributed by atoms with E-state index in [2.05, 4.69) is 9.97 Å². The lowest BCUT2D eigenvalue weighted by atomic mass is 10.0. The summed E-state index contributed by atoms with van der Waals surface area (Å²) in [7, 11) is 0. The highest BCUT2D eigenvalue weighted by molar-refractivity contribution is 6.15. The minimum absolute atomic E-state index is 0.125. The molecule has 3 nitrogen and oxygen atoms in total. The number of nitrogens with zero attached hydrogens (tertiary/aromatic N) is 2. The third-order valence-corrected chi connectivity index (χ3v) is 2.93. The first-order valence-electron chi connectivity index (χ1n) is 5.87. The molecule has 0 aliphatic rings. The van der Waals surface area contributed by atoms with Crippen LogP contribution < -0.4 is 0 Å². The Bertz CT molecular complexity index is 792. The zero-order chi connectivity index (χ0) is 14.1. The molecule has 98 valence electrons. The number of carbonyl (C=O) groups excluding carboxylic acids is 1. The van der Waals surface area contributed by atoms with Crippen LogP contribution in [-0.4, -0.2) is 15.8 Å². The molecule has 2 aromatic carbocycles. The molecule has 1 aromatic heterocycles. The summed E-state index contributed by atoms with van der Waals surface area (Å²) in [5, 5.41) is 0. The van der Waals surface area contributed by atoms with E-state index in [1.54, 1.807) is 12.1 Å². The van der Waals surface area contributed by atoms with E-state index in [1.165, 1.54) is 24.5 Å². The Morgan fingerprint density at radius 3 is 2.30 bits per heavy atom. The molecule has 0 unspecified atom stereocenters. The molecule has 0 saturated carbocycles. The summed E-state index contributed by atoms with van der Waals surface area (Å²) in [5.41, 5.74) is 0.364. The van der Waals surface area contributed by atoms with Gasteiger partial charge < -0.3 is 0 Å². The van der Waals surface area contributed by atoms with Crippen LogP contribution in [0.25, 0.3) is 11.0 Å². The summed E-state index contributed by atoms with van der Waals surface area (Å²) >= 11 is 0. The van der Waals surface area contributed by atoms with Crippen LogP contribution >= 0.6 is 0 Å². The first kappa shape index (κ1) is 12.3. The van der Waals surface area contributed by atoms with Gasteiger partial charge >= 0.3 is 0 Å². The Morgan fingerprint density at radius 1 is 0.900 bits per heavy atom. The number of fused-ring (bicyclic) bond motifs is 1. The molecular formula is C15H8F2N2O. The lowest BCUT2D eigenvalue weighted by Crippen LogP contribution is -2.08. The van der Waals surface area contributed by atoms with Crippen molar-refractivity contribution in [2.45, 2.75) is 0 Å². The van der Waals surface area contributed by atoms with Crippen molar-refractivity contribution in [1.82, 2.24) is 9.97 Å². The van der Waals surface area contributed by atoms with Gasteiger partial charge in [-0.15, -0.1) is 0 Å². The summed E-state index contributed by atoms with van der Waals surface area (Å²) in [6.07, 6.45) is 2.91. The maximum Gasteiger partial charge on any atom is 0.201 e. The molecule has 0 aliphatic carbocycles. The predicted molar refractivity (Wildman–Crippen MR) is 69.3 cm³/mol. The zero-order valence-corrected chi connectivity index (χ0v) is 10.2. The van der Waals surface area contributed by atoms with Crippen molar-refractivity contribution in [1.29, 1.82) is 0 Å². The highest BCUT2D eigenvalue weighted by atomic mass is 19.1. The second-order valence-electron chi connectivity index (χ2n) is 4.16. The third kappa shape index (κ3) is 1.93. The molecule has 0 atom stereocenters. The fourth-order valence-electron chi connectivity index (χ4n) is 2.03. The van der Waals surface area contributed by atoms with Gasteiger partial charge in [-0.1, -0.05) is 12.1 Å². The largest absolute Gasteiger partial charge is 0.288 e. The Morgan fingerprint density at radius 2 is 1.55 bits per heavy atom. The zero-order valence-electron chi connectivity index (χ0n) is 10.2. The molecule has 0 amide bonds. The lowest BCUT2D eigenvalue weighted by Gasteiger charge is -2.06. The van der Waals surface area contributed by atoms with Crippen molar-refractivity contribution in [3.8, 4) is 0 Å². The molecule has 3 aromatic rings. The molecule has 3 rings (SSSR count). The van der Waals surface area contributed by atoms with Crippen molar-refractivity contribution in [3.63, 3.8) is 0 Å². The van der Waals surface area contributed by atoms with Crippen molar-refractivity contribution >= 4 is 16.8 Å². The van der Waals surface area contributed by atoms with Crippen molar-refractivity contribution in [3.05, 3.63) is 71.6 Å². The second kappa shape index (κ2) is 4.77. The molecule has 0 spiro atoms. The molecule has 0 N–H and O–H groups in total. The van der Waals surface area contributed by atoms with Crippen LogP contribution in [-0.2, 0) is 0 Å². The Hall–Kier alpha value is -2.69. The molecule has 0 aliphatic heterocycles. The minimum Gasteiger partial charge on any atom is -0.288 e. The molecule has 0 fully saturated rings. The smallest absolute Gasteiger partial charge is 0.201 e. The van der Waals surface area contributed by atoms with Gasteiger partial charge in [0.1, 0.15) is 11.6 Å². The summed E-state index contributed by atoms with van der Waals surface area (Å²) < 4.78 is 27.4. The quantitative estimate of drug-likeness (QED) is 0.672. The van der Waals surface area contributed by atoms with Gasteiger partial charge in [0.05, 0.1) is 22.2 Å². The van der Waals surface area contributed by atoms with Crippen molar-refractivity contribution in [2.24, 2.45) is 0 Å². The van der Waals surface area contributed by atoms with E-state index in [0.29, 0.717) is 11.0 Å². The monoisotopic (exact) mass is 270 g/mol. The number of benzene rings is 2. The number of halogens is 2. The number of rotatable bonds is 2. The van der Waals surface area contributed by atoms with E-state index in [1.807, 2.05) is 0 Å². The lowest BCUT2D eigenvalue weighted by molar-refractivity contribution is 0.103. The van der Waals surface area contributed by atoms with Gasteiger partial charge in [-0.3, -0.25) is 14.8 Å². The van der Waals surface area contributed by atoms with Gasteiger partial charge in [-0.25, -0.2) is 8.78 Å². The summed E-state index contributed by atoms with van der Waals surface area (Å²) in [4.78, 5) is 20.5. The summed E-state index contributed by atoms with van der Waals surface area (Å²) in [6.45, 7) is 0. The number of para-hydroxylation sites is 1. The fraction of sp³-hybridized carbons (Fsp3) is 0. The predicted octanol–water partition coefficient (Wildman–Crippen LogP) is 3.14. The Labute approximate surface area is 112 Å². The van der Waals surface area contributed by atoms with Crippen LogP contribution in [0.2, 0.25) is 0 Å². The topological polar surface area (TPSA) is 42.9 Å². The van der Waals surface area contributed by atoms with Gasteiger partial charge in [0.2, 0.25) is 5.78 Å². The van der Waals surface area contributed by atoms with Crippen LogP contribution in [0.15, 0.2) is 48.8 Å². The van der Waals surface area contributed by atoms with Crippen LogP contribution in [0.3, 0.4) is 0 Å². The van der Waals surface area contributed by atoms with Crippen molar-refractivity contribution < 1.29 is 13.6 Å². The third-order valence-electron chi connectivity index (χ3n) is 2.93. The van der Waals surface area contributed by atoms with E-state index in [9.17, 15) is 13.6 Å². The first-order valence-corrected chi connectivity index (χ1v) is 5.87. The van der Waals surface area contributed by atoms with E-state index in [4.69, 9.17) is 0 Å². The number of ketones is 1. The van der Waals surface area contributed by atoms with Gasteiger partial charge in [0.15, 0.2) is 0 Å². The van der Waals surface area contributed by atoms with Crippen LogP contribution in [0, 0.1) is 11.6 Å². The van der Waals surface area contributed by atoms with Gasteiger partial charge in [-0.05, 0) is 24.3 Å². The number of hydrogen-bond acceptors (Lipinski definition) is 3. The van der Waals surface area contributed by atoms with Crippen molar-refractivity contribution in [2.75, 3.05) is 0 Å². The SMILES string of the molecule is O=C(c1c(F)cccc1F)c1cccc2nccnc12. The molecule has 5 heteroatoms. The van der Waals surface area contributed by atoms with Crippen LogP contribution in [0.4, 0.5) is 8.78 Å². The number of hydrogen-bond donors (Lipinski definition) is 0. The first-order chi connectivity index (χ1) is 9.68. The molecular weight excluding hydrogens is 262 g/mol. The van der Waals surface area contributed by atoms with E-state index < -0.39 is 23.0 Å².